The second kappa shape index (κ2) is 9.03. The van der Waals surface area contributed by atoms with E-state index in [4.69, 9.17) is 9.57 Å². The minimum atomic E-state index is -0.520. The fraction of sp³-hybridized carbons (Fsp3) is 0.360. The summed E-state index contributed by atoms with van der Waals surface area (Å²) in [7, 11) is 3.81. The number of fused-ring (bicyclic) bond motifs is 2. The molecule has 33 heavy (non-hydrogen) atoms. The average Bonchev–Trinajstić information content (AvgIpc) is 3.42. The van der Waals surface area contributed by atoms with Crippen molar-refractivity contribution in [2.24, 2.45) is 5.92 Å². The van der Waals surface area contributed by atoms with Gasteiger partial charge in [0.25, 0.3) is 0 Å². The standard InChI is InChI=1S/C25H26F2N4O2/c1-31(2)25-28-12-15(13-29-25)24-19(22-9-10-23(24)33-22)14-32-30-16-7-8-18(21(27)11-16)17-5-3-4-6-20(17)26/h3-8,11-13,19,22-24,30H,9-10,14H2,1-2H3/t19-,22+,23-,24-/m0/s1. The van der Waals surface area contributed by atoms with Crippen LogP contribution >= 0.6 is 0 Å². The van der Waals surface area contributed by atoms with Crippen LogP contribution in [0.1, 0.15) is 24.3 Å². The molecule has 2 bridgehead atoms. The molecular weight excluding hydrogens is 426 g/mol. The van der Waals surface area contributed by atoms with Crippen LogP contribution in [-0.4, -0.2) is 42.9 Å². The topological polar surface area (TPSA) is 59.5 Å². The second-order valence-corrected chi connectivity index (χ2v) is 8.78. The van der Waals surface area contributed by atoms with Crippen LogP contribution in [0.3, 0.4) is 0 Å². The van der Waals surface area contributed by atoms with Crippen molar-refractivity contribution in [1.82, 2.24) is 9.97 Å². The third-order valence-corrected chi connectivity index (χ3v) is 6.47. The molecule has 172 valence electrons. The summed E-state index contributed by atoms with van der Waals surface area (Å²) in [6.45, 7) is 0.401. The molecule has 4 atom stereocenters. The van der Waals surface area contributed by atoms with Crippen LogP contribution < -0.4 is 10.4 Å². The Bertz CT molecular complexity index is 1130. The third kappa shape index (κ3) is 4.28. The summed E-state index contributed by atoms with van der Waals surface area (Å²) in [4.78, 5) is 16.5. The van der Waals surface area contributed by atoms with E-state index < -0.39 is 11.6 Å². The van der Waals surface area contributed by atoms with Gasteiger partial charge in [-0.1, -0.05) is 18.2 Å². The van der Waals surface area contributed by atoms with Gasteiger partial charge in [0.05, 0.1) is 24.5 Å². The molecule has 6 nitrogen and oxygen atoms in total. The highest BCUT2D eigenvalue weighted by atomic mass is 19.1. The lowest BCUT2D eigenvalue weighted by Gasteiger charge is -2.28. The van der Waals surface area contributed by atoms with Crippen molar-refractivity contribution < 1.29 is 18.4 Å². The number of benzene rings is 2. The predicted octanol–water partition coefficient (Wildman–Crippen LogP) is 4.79. The maximum atomic E-state index is 14.6. The Morgan fingerprint density at radius 3 is 2.45 bits per heavy atom. The molecule has 2 aliphatic rings. The van der Waals surface area contributed by atoms with Crippen LogP contribution in [0, 0.1) is 17.6 Å². The lowest BCUT2D eigenvalue weighted by Crippen LogP contribution is -2.30. The van der Waals surface area contributed by atoms with Gasteiger partial charge >= 0.3 is 0 Å². The first-order chi connectivity index (χ1) is 16.0. The molecule has 3 aromatic rings. The molecule has 2 fully saturated rings. The molecule has 1 aromatic heterocycles. The molecule has 1 N–H and O–H groups in total. The minimum absolute atomic E-state index is 0.121. The van der Waals surface area contributed by atoms with Gasteiger partial charge in [-0.15, -0.1) is 0 Å². The number of nitrogens with one attached hydrogen (secondary N) is 1. The van der Waals surface area contributed by atoms with Gasteiger partial charge in [-0.2, -0.15) is 0 Å². The van der Waals surface area contributed by atoms with Crippen LogP contribution in [0.15, 0.2) is 54.9 Å². The van der Waals surface area contributed by atoms with Crippen molar-refractivity contribution in [2.75, 3.05) is 31.1 Å². The SMILES string of the molecule is CN(C)c1ncc([C@H]2[C@@H](CONc3ccc(-c4ccccc4F)c(F)c3)[C@H]3CC[C@@H]2O3)cn1. The molecule has 2 aromatic carbocycles. The first-order valence-electron chi connectivity index (χ1n) is 11.1. The highest BCUT2D eigenvalue weighted by molar-refractivity contribution is 5.67. The predicted molar refractivity (Wildman–Crippen MR) is 122 cm³/mol. The Balaban J connectivity index is 1.25. The first kappa shape index (κ1) is 21.7. The minimum Gasteiger partial charge on any atom is -0.374 e. The van der Waals surface area contributed by atoms with Gasteiger partial charge in [-0.3, -0.25) is 10.3 Å². The third-order valence-electron chi connectivity index (χ3n) is 6.47. The number of anilines is 2. The summed E-state index contributed by atoms with van der Waals surface area (Å²) in [6.07, 6.45) is 6.00. The molecule has 2 saturated heterocycles. The number of nitrogens with zero attached hydrogens (tertiary/aromatic N) is 3. The second-order valence-electron chi connectivity index (χ2n) is 8.78. The Morgan fingerprint density at radius 2 is 1.73 bits per heavy atom. The Hall–Kier alpha value is -3.10. The molecule has 2 aliphatic heterocycles. The number of hydrogen-bond donors (Lipinski definition) is 1. The van der Waals surface area contributed by atoms with E-state index in [9.17, 15) is 8.78 Å². The molecule has 0 aliphatic carbocycles. The van der Waals surface area contributed by atoms with E-state index >= 15 is 0 Å². The van der Waals surface area contributed by atoms with Crippen LogP contribution in [-0.2, 0) is 9.57 Å². The van der Waals surface area contributed by atoms with E-state index in [-0.39, 0.29) is 35.2 Å². The summed E-state index contributed by atoms with van der Waals surface area (Å²) in [6, 6.07) is 10.7. The number of rotatable bonds is 7. The molecule has 5 rings (SSSR count). The lowest BCUT2D eigenvalue weighted by molar-refractivity contribution is 0.0677. The van der Waals surface area contributed by atoms with Gasteiger partial charge in [-0.05, 0) is 42.7 Å². The summed E-state index contributed by atoms with van der Waals surface area (Å²) in [5, 5.41) is 0. The van der Waals surface area contributed by atoms with Crippen molar-refractivity contribution in [3.05, 3.63) is 72.1 Å². The molecule has 0 unspecified atom stereocenters. The summed E-state index contributed by atoms with van der Waals surface area (Å²) < 4.78 is 34.8. The zero-order valence-electron chi connectivity index (χ0n) is 18.5. The highest BCUT2D eigenvalue weighted by Crippen LogP contribution is 2.48. The summed E-state index contributed by atoms with van der Waals surface area (Å²) in [5.41, 5.74) is 4.78. The Morgan fingerprint density at radius 1 is 1.00 bits per heavy atom. The quantitative estimate of drug-likeness (QED) is 0.520. The van der Waals surface area contributed by atoms with E-state index in [1.807, 2.05) is 31.4 Å². The zero-order valence-corrected chi connectivity index (χ0v) is 18.5. The van der Waals surface area contributed by atoms with Crippen molar-refractivity contribution in [1.29, 1.82) is 0 Å². The molecule has 0 amide bonds. The first-order valence-corrected chi connectivity index (χ1v) is 11.1. The van der Waals surface area contributed by atoms with Gasteiger partial charge in [0.1, 0.15) is 11.6 Å². The van der Waals surface area contributed by atoms with Crippen LogP contribution in [0.5, 0.6) is 0 Å². The van der Waals surface area contributed by atoms with E-state index in [1.165, 1.54) is 12.1 Å². The number of halogens is 2. The normalized spacial score (nSPS) is 23.6. The molecule has 8 heteroatoms. The largest absolute Gasteiger partial charge is 0.374 e. The molecule has 3 heterocycles. The fourth-order valence-electron chi connectivity index (χ4n) is 4.88. The number of ether oxygens (including phenoxy) is 1. The van der Waals surface area contributed by atoms with Gasteiger partial charge in [0.15, 0.2) is 0 Å². The van der Waals surface area contributed by atoms with E-state index in [0.717, 1.165) is 18.4 Å². The summed E-state index contributed by atoms with van der Waals surface area (Å²) in [5.74, 6) is -0.0149. The number of aromatic nitrogens is 2. The summed E-state index contributed by atoms with van der Waals surface area (Å²) >= 11 is 0. The fourth-order valence-corrected chi connectivity index (χ4v) is 4.88. The maximum Gasteiger partial charge on any atom is 0.224 e. The van der Waals surface area contributed by atoms with Gasteiger partial charge in [-0.25, -0.2) is 18.7 Å². The molecule has 0 radical (unpaired) electrons. The van der Waals surface area contributed by atoms with E-state index in [1.54, 1.807) is 30.3 Å². The van der Waals surface area contributed by atoms with Crippen molar-refractivity contribution in [2.45, 2.75) is 31.0 Å². The van der Waals surface area contributed by atoms with Gasteiger partial charge in [0, 0.05) is 49.5 Å². The number of hydrogen-bond acceptors (Lipinski definition) is 6. The van der Waals surface area contributed by atoms with Crippen LogP contribution in [0.25, 0.3) is 11.1 Å². The smallest absolute Gasteiger partial charge is 0.224 e. The van der Waals surface area contributed by atoms with Crippen LogP contribution in [0.2, 0.25) is 0 Å². The van der Waals surface area contributed by atoms with Gasteiger partial charge < -0.3 is 9.64 Å². The van der Waals surface area contributed by atoms with Gasteiger partial charge in [0.2, 0.25) is 5.95 Å². The van der Waals surface area contributed by atoms with Crippen molar-refractivity contribution in [3.8, 4) is 11.1 Å². The maximum absolute atomic E-state index is 14.6. The van der Waals surface area contributed by atoms with Crippen molar-refractivity contribution >= 4 is 11.6 Å². The average molecular weight is 453 g/mol. The zero-order chi connectivity index (χ0) is 22.9. The molecule has 0 saturated carbocycles. The monoisotopic (exact) mass is 452 g/mol. The van der Waals surface area contributed by atoms with Crippen molar-refractivity contribution in [3.63, 3.8) is 0 Å². The van der Waals surface area contributed by atoms with Crippen LogP contribution in [0.4, 0.5) is 20.4 Å². The molecular formula is C25H26F2N4O2. The Labute approximate surface area is 191 Å². The molecule has 0 spiro atoms. The lowest BCUT2D eigenvalue weighted by atomic mass is 9.77. The van der Waals surface area contributed by atoms with E-state index in [2.05, 4.69) is 15.4 Å². The Kier molecular flexibility index (Phi) is 5.95. The van der Waals surface area contributed by atoms with E-state index in [0.29, 0.717) is 18.2 Å². The highest BCUT2D eigenvalue weighted by Gasteiger charge is 2.49.